The van der Waals surface area contributed by atoms with Crippen LogP contribution in [0.2, 0.25) is 0 Å². The second-order valence-electron chi connectivity index (χ2n) is 7.36. The van der Waals surface area contributed by atoms with Crippen LogP contribution in [0, 0.1) is 0 Å². The molecular weight excluding hydrogens is 386 g/mol. The van der Waals surface area contributed by atoms with Crippen LogP contribution in [-0.4, -0.2) is 32.6 Å². The fourth-order valence-corrected chi connectivity index (χ4v) is 3.47. The molecule has 3 rings (SSSR count). The zero-order valence-corrected chi connectivity index (χ0v) is 16.5. The van der Waals surface area contributed by atoms with Gasteiger partial charge in [-0.1, -0.05) is 22.4 Å². The molecule has 0 saturated heterocycles. The molecule has 0 aromatic carbocycles. The van der Waals surface area contributed by atoms with Crippen molar-refractivity contribution in [1.82, 2.24) is 14.8 Å². The summed E-state index contributed by atoms with van der Waals surface area (Å²) >= 11 is 3.45. The summed E-state index contributed by atoms with van der Waals surface area (Å²) in [5.41, 5.74) is 0.794. The van der Waals surface area contributed by atoms with E-state index in [9.17, 15) is 4.79 Å². The third-order valence-corrected chi connectivity index (χ3v) is 4.69. The van der Waals surface area contributed by atoms with Crippen molar-refractivity contribution in [2.75, 3.05) is 0 Å². The van der Waals surface area contributed by atoms with Crippen LogP contribution < -0.4 is 4.74 Å². The number of halogens is 1. The highest BCUT2D eigenvalue weighted by Crippen LogP contribution is 2.31. The lowest BCUT2D eigenvalue weighted by Gasteiger charge is -2.22. The lowest BCUT2D eigenvalue weighted by atomic mass is 9.98. The Morgan fingerprint density at radius 2 is 2.04 bits per heavy atom. The summed E-state index contributed by atoms with van der Waals surface area (Å²) < 4.78 is 12.9. The topological polar surface area (TPSA) is 66.2 Å². The molecule has 0 radical (unpaired) electrons. The number of rotatable bonds is 3. The van der Waals surface area contributed by atoms with E-state index in [4.69, 9.17) is 9.47 Å². The fourth-order valence-electron chi connectivity index (χ4n) is 3.07. The minimum Gasteiger partial charge on any atom is -0.474 e. The first-order valence-electron chi connectivity index (χ1n) is 8.71. The average molecular weight is 410 g/mol. The monoisotopic (exact) mass is 409 g/mol. The molecule has 7 heteroatoms. The van der Waals surface area contributed by atoms with Crippen LogP contribution in [-0.2, 0) is 10.1 Å². The van der Waals surface area contributed by atoms with E-state index in [0.717, 1.165) is 23.9 Å². The Morgan fingerprint density at radius 3 is 2.68 bits per heavy atom. The van der Waals surface area contributed by atoms with Gasteiger partial charge in [0.05, 0.1) is 16.6 Å². The molecule has 136 valence electrons. The summed E-state index contributed by atoms with van der Waals surface area (Å²) in [5, 5.41) is 5.70. The standard InChI is InChI=1S/C18H24BrN3O3/c1-18(2,3)25-17(23)22-14-9-10-20-16(15(14)13(11-19)21-22)24-12-7-5-4-6-8-12/h9-10,12H,4-8,11H2,1-3H3. The number of nitrogens with zero attached hydrogens (tertiary/aromatic N) is 3. The smallest absolute Gasteiger partial charge is 0.435 e. The Kier molecular flexibility index (Phi) is 5.32. The van der Waals surface area contributed by atoms with Crippen LogP contribution in [0.4, 0.5) is 4.79 Å². The van der Waals surface area contributed by atoms with Gasteiger partial charge in [0.15, 0.2) is 0 Å². The van der Waals surface area contributed by atoms with E-state index in [-0.39, 0.29) is 6.10 Å². The van der Waals surface area contributed by atoms with E-state index in [2.05, 4.69) is 26.0 Å². The first-order chi connectivity index (χ1) is 11.9. The van der Waals surface area contributed by atoms with Gasteiger partial charge >= 0.3 is 6.09 Å². The number of ether oxygens (including phenoxy) is 2. The Morgan fingerprint density at radius 1 is 1.32 bits per heavy atom. The van der Waals surface area contributed by atoms with Crippen molar-refractivity contribution >= 4 is 32.9 Å². The summed E-state index contributed by atoms with van der Waals surface area (Å²) in [7, 11) is 0. The van der Waals surface area contributed by atoms with Crippen molar-refractivity contribution in [1.29, 1.82) is 0 Å². The lowest BCUT2D eigenvalue weighted by molar-refractivity contribution is 0.0522. The van der Waals surface area contributed by atoms with Gasteiger partial charge in [0.25, 0.3) is 0 Å². The number of hydrogen-bond donors (Lipinski definition) is 0. The highest BCUT2D eigenvalue weighted by Gasteiger charge is 2.25. The van der Waals surface area contributed by atoms with E-state index >= 15 is 0 Å². The van der Waals surface area contributed by atoms with E-state index < -0.39 is 11.7 Å². The van der Waals surface area contributed by atoms with Crippen LogP contribution in [0.3, 0.4) is 0 Å². The number of carbonyl (C=O) groups is 1. The maximum atomic E-state index is 12.5. The summed E-state index contributed by atoms with van der Waals surface area (Å²) in [4.78, 5) is 16.9. The molecule has 1 saturated carbocycles. The van der Waals surface area contributed by atoms with Crippen LogP contribution in [0.25, 0.3) is 10.9 Å². The molecule has 0 unspecified atom stereocenters. The van der Waals surface area contributed by atoms with Gasteiger partial charge in [0, 0.05) is 11.5 Å². The number of carbonyl (C=O) groups excluding carboxylic acids is 1. The third kappa shape index (κ3) is 4.14. The van der Waals surface area contributed by atoms with Crippen molar-refractivity contribution in [2.24, 2.45) is 0 Å². The normalized spacial score (nSPS) is 16.2. The van der Waals surface area contributed by atoms with Gasteiger partial charge in [0.2, 0.25) is 5.88 Å². The summed E-state index contributed by atoms with van der Waals surface area (Å²) in [6.07, 6.45) is 7.05. The second-order valence-corrected chi connectivity index (χ2v) is 7.92. The molecule has 1 aliphatic rings. The zero-order chi connectivity index (χ0) is 18.0. The van der Waals surface area contributed by atoms with Crippen molar-refractivity contribution in [2.45, 2.75) is 69.9 Å². The molecule has 6 nitrogen and oxygen atoms in total. The number of pyridine rings is 1. The van der Waals surface area contributed by atoms with Crippen molar-refractivity contribution < 1.29 is 14.3 Å². The van der Waals surface area contributed by atoms with Gasteiger partial charge in [-0.25, -0.2) is 9.78 Å². The van der Waals surface area contributed by atoms with E-state index in [1.54, 1.807) is 12.3 Å². The number of aromatic nitrogens is 3. The minimum absolute atomic E-state index is 0.180. The second kappa shape index (κ2) is 7.32. The molecule has 0 aliphatic heterocycles. The van der Waals surface area contributed by atoms with E-state index in [1.165, 1.54) is 23.9 Å². The predicted molar refractivity (Wildman–Crippen MR) is 99.3 cm³/mol. The summed E-state index contributed by atoms with van der Waals surface area (Å²) in [6, 6.07) is 1.77. The summed E-state index contributed by atoms with van der Waals surface area (Å²) in [6.45, 7) is 5.50. The predicted octanol–water partition coefficient (Wildman–Crippen LogP) is 4.82. The fraction of sp³-hybridized carbons (Fsp3) is 0.611. The lowest BCUT2D eigenvalue weighted by Crippen LogP contribution is -2.27. The molecule has 1 fully saturated rings. The molecule has 0 N–H and O–H groups in total. The SMILES string of the molecule is CC(C)(C)OC(=O)n1nc(CBr)c2c(OC3CCCCC3)nccc21. The highest BCUT2D eigenvalue weighted by molar-refractivity contribution is 9.08. The average Bonchev–Trinajstić information content (AvgIpc) is 2.94. The van der Waals surface area contributed by atoms with Crippen molar-refractivity contribution in [3.05, 3.63) is 18.0 Å². The number of hydrogen-bond acceptors (Lipinski definition) is 5. The first-order valence-corrected chi connectivity index (χ1v) is 9.84. The van der Waals surface area contributed by atoms with Crippen LogP contribution in [0.5, 0.6) is 5.88 Å². The van der Waals surface area contributed by atoms with E-state index in [0.29, 0.717) is 16.7 Å². The van der Waals surface area contributed by atoms with Crippen molar-refractivity contribution in [3.63, 3.8) is 0 Å². The molecule has 0 amide bonds. The van der Waals surface area contributed by atoms with Crippen LogP contribution in [0.15, 0.2) is 12.3 Å². The highest BCUT2D eigenvalue weighted by atomic mass is 79.9. The van der Waals surface area contributed by atoms with Crippen LogP contribution >= 0.6 is 15.9 Å². The van der Waals surface area contributed by atoms with E-state index in [1.807, 2.05) is 20.8 Å². The molecule has 0 atom stereocenters. The minimum atomic E-state index is -0.585. The molecular formula is C18H24BrN3O3. The zero-order valence-electron chi connectivity index (χ0n) is 14.9. The van der Waals surface area contributed by atoms with Gasteiger partial charge in [-0.3, -0.25) is 0 Å². The van der Waals surface area contributed by atoms with Gasteiger partial charge in [-0.05, 0) is 52.5 Å². The molecule has 1 aliphatic carbocycles. The Balaban J connectivity index is 1.98. The van der Waals surface area contributed by atoms with Crippen molar-refractivity contribution in [3.8, 4) is 5.88 Å². The maximum absolute atomic E-state index is 12.5. The van der Waals surface area contributed by atoms with Crippen LogP contribution in [0.1, 0.15) is 58.6 Å². The largest absolute Gasteiger partial charge is 0.474 e. The quantitative estimate of drug-likeness (QED) is 0.679. The molecule has 2 heterocycles. The molecule has 25 heavy (non-hydrogen) atoms. The number of fused-ring (bicyclic) bond motifs is 1. The first kappa shape index (κ1) is 18.2. The molecule has 2 aromatic rings. The van der Waals surface area contributed by atoms with Gasteiger partial charge in [-0.2, -0.15) is 9.78 Å². The van der Waals surface area contributed by atoms with Gasteiger partial charge in [0.1, 0.15) is 11.7 Å². The summed E-state index contributed by atoms with van der Waals surface area (Å²) in [5.74, 6) is 0.550. The maximum Gasteiger partial charge on any atom is 0.435 e. The molecule has 2 aromatic heterocycles. The Bertz CT molecular complexity index is 761. The Labute approximate surface area is 156 Å². The van der Waals surface area contributed by atoms with Gasteiger partial charge < -0.3 is 9.47 Å². The third-order valence-electron chi connectivity index (χ3n) is 4.16. The molecule has 0 bridgehead atoms. The molecule has 0 spiro atoms. The Hall–Kier alpha value is -1.63. The van der Waals surface area contributed by atoms with Gasteiger partial charge in [-0.15, -0.1) is 0 Å². The number of alkyl halides is 1.